The Hall–Kier alpha value is -0.570. The van der Waals surface area contributed by atoms with Crippen LogP contribution in [0.15, 0.2) is 0 Å². The second-order valence-electron chi connectivity index (χ2n) is 3.37. The van der Waals surface area contributed by atoms with Crippen LogP contribution in [-0.4, -0.2) is 19.2 Å². The molecule has 0 heterocycles. The van der Waals surface area contributed by atoms with Crippen molar-refractivity contribution in [3.05, 3.63) is 0 Å². The van der Waals surface area contributed by atoms with Crippen molar-refractivity contribution in [3.8, 4) is 0 Å². The van der Waals surface area contributed by atoms with Gasteiger partial charge in [-0.25, -0.2) is 9.90 Å². The lowest BCUT2D eigenvalue weighted by molar-refractivity contribution is -0.151. The number of rotatable bonds is 2. The Morgan fingerprint density at radius 3 is 2.20 bits per heavy atom. The highest BCUT2D eigenvalue weighted by molar-refractivity contribution is 5.70. The van der Waals surface area contributed by atoms with Gasteiger partial charge in [-0.3, -0.25) is 0 Å². The van der Waals surface area contributed by atoms with Crippen LogP contribution in [0.3, 0.4) is 0 Å². The molecule has 3 nitrogen and oxygen atoms in total. The molecule has 3 heteroatoms. The van der Waals surface area contributed by atoms with E-state index in [9.17, 15) is 9.90 Å². The van der Waals surface area contributed by atoms with Crippen LogP contribution in [0.25, 0.3) is 0 Å². The van der Waals surface area contributed by atoms with Gasteiger partial charge < -0.3 is 4.74 Å². The second-order valence-corrected chi connectivity index (χ2v) is 3.37. The van der Waals surface area contributed by atoms with Crippen LogP contribution in [0.1, 0.15) is 20.8 Å². The molecule has 0 rings (SSSR count). The number of esters is 1. The lowest BCUT2D eigenvalue weighted by Crippen LogP contribution is -2.19. The molecule has 0 aromatic carbocycles. The smallest absolute Gasteiger partial charge is 0.335 e. The van der Waals surface area contributed by atoms with E-state index in [2.05, 4.69) is 4.74 Å². The SMILES string of the molecule is CC(C)(C)COC(=O)C[O]. The highest BCUT2D eigenvalue weighted by Crippen LogP contribution is 2.12. The third-order valence-electron chi connectivity index (χ3n) is 0.784. The van der Waals surface area contributed by atoms with Crippen molar-refractivity contribution in [1.29, 1.82) is 0 Å². The fourth-order valence-electron chi connectivity index (χ4n) is 0.339. The van der Waals surface area contributed by atoms with Gasteiger partial charge in [-0.15, -0.1) is 0 Å². The first-order chi connectivity index (χ1) is 4.45. The summed E-state index contributed by atoms with van der Waals surface area (Å²) in [6, 6.07) is 0. The molecule has 1 radical (unpaired) electrons. The summed E-state index contributed by atoms with van der Waals surface area (Å²) in [5.41, 5.74) is -0.0508. The average Bonchev–Trinajstić information content (AvgIpc) is 1.81. The van der Waals surface area contributed by atoms with Gasteiger partial charge in [0.15, 0.2) is 6.61 Å². The first-order valence-corrected chi connectivity index (χ1v) is 3.19. The van der Waals surface area contributed by atoms with E-state index in [1.165, 1.54) is 0 Å². The summed E-state index contributed by atoms with van der Waals surface area (Å²) in [4.78, 5) is 10.3. The Bertz CT molecular complexity index is 113. The normalized spacial score (nSPS) is 11.2. The molecule has 0 saturated heterocycles. The fraction of sp³-hybridized carbons (Fsp3) is 0.857. The second kappa shape index (κ2) is 3.56. The van der Waals surface area contributed by atoms with Gasteiger partial charge in [0.25, 0.3) is 0 Å². The Morgan fingerprint density at radius 1 is 1.40 bits per heavy atom. The minimum absolute atomic E-state index is 0.0508. The standard InChI is InChI=1S/C7H13O3/c1-7(2,3)5-10-6(9)4-8/h4-5H2,1-3H3. The van der Waals surface area contributed by atoms with Gasteiger partial charge in [0.05, 0.1) is 6.61 Å². The summed E-state index contributed by atoms with van der Waals surface area (Å²) < 4.78 is 4.60. The molecule has 0 aliphatic rings. The number of hydrogen-bond donors (Lipinski definition) is 0. The Labute approximate surface area is 61.0 Å². The zero-order valence-corrected chi connectivity index (χ0v) is 6.64. The van der Waals surface area contributed by atoms with E-state index in [0.717, 1.165) is 0 Å². The summed E-state index contributed by atoms with van der Waals surface area (Å²) in [5, 5.41) is 9.87. The molecular weight excluding hydrogens is 132 g/mol. The molecule has 0 aromatic heterocycles. The molecule has 0 aliphatic carbocycles. The highest BCUT2D eigenvalue weighted by Gasteiger charge is 2.12. The molecule has 0 aliphatic heterocycles. The number of hydrogen-bond acceptors (Lipinski definition) is 2. The highest BCUT2D eigenvalue weighted by atomic mass is 16.5. The first kappa shape index (κ1) is 9.43. The quantitative estimate of drug-likeness (QED) is 0.544. The van der Waals surface area contributed by atoms with Crippen molar-refractivity contribution in [1.82, 2.24) is 0 Å². The zero-order chi connectivity index (χ0) is 8.20. The van der Waals surface area contributed by atoms with E-state index >= 15 is 0 Å². The average molecular weight is 145 g/mol. The lowest BCUT2D eigenvalue weighted by Gasteiger charge is -2.16. The maximum absolute atomic E-state index is 10.3. The van der Waals surface area contributed by atoms with Gasteiger partial charge in [-0.1, -0.05) is 20.8 Å². The third-order valence-corrected chi connectivity index (χ3v) is 0.784. The molecule has 0 aromatic rings. The molecular formula is C7H13O3. The summed E-state index contributed by atoms with van der Waals surface area (Å²) in [6.45, 7) is 5.34. The van der Waals surface area contributed by atoms with Gasteiger partial charge in [0.1, 0.15) is 0 Å². The van der Waals surface area contributed by atoms with Crippen LogP contribution in [0, 0.1) is 5.41 Å². The van der Waals surface area contributed by atoms with Crippen molar-refractivity contribution in [3.63, 3.8) is 0 Å². The first-order valence-electron chi connectivity index (χ1n) is 3.19. The Balaban J connectivity index is 3.46. The third kappa shape index (κ3) is 5.56. The van der Waals surface area contributed by atoms with Crippen LogP contribution >= 0.6 is 0 Å². The van der Waals surface area contributed by atoms with E-state index in [1.807, 2.05) is 20.8 Å². The van der Waals surface area contributed by atoms with Crippen molar-refractivity contribution in [2.24, 2.45) is 5.41 Å². The molecule has 0 atom stereocenters. The largest absolute Gasteiger partial charge is 0.463 e. The van der Waals surface area contributed by atoms with E-state index in [1.54, 1.807) is 0 Å². The summed E-state index contributed by atoms with van der Waals surface area (Å²) in [6.07, 6.45) is 0. The molecule has 10 heavy (non-hydrogen) atoms. The van der Waals surface area contributed by atoms with E-state index in [0.29, 0.717) is 6.61 Å². The van der Waals surface area contributed by atoms with Crippen molar-refractivity contribution >= 4 is 5.97 Å². The monoisotopic (exact) mass is 145 g/mol. The minimum Gasteiger partial charge on any atom is -0.463 e. The van der Waals surface area contributed by atoms with Crippen LogP contribution in [0.4, 0.5) is 0 Å². The number of carbonyl (C=O) groups excluding carboxylic acids is 1. The van der Waals surface area contributed by atoms with Gasteiger partial charge in [-0.05, 0) is 5.41 Å². The molecule has 0 amide bonds. The number of carbonyl (C=O) groups is 1. The predicted molar refractivity (Wildman–Crippen MR) is 36.0 cm³/mol. The Kier molecular flexibility index (Phi) is 3.36. The fourth-order valence-corrected chi connectivity index (χ4v) is 0.339. The lowest BCUT2D eigenvalue weighted by atomic mass is 9.99. The molecule has 0 bridgehead atoms. The van der Waals surface area contributed by atoms with Crippen LogP contribution in [0.5, 0.6) is 0 Å². The summed E-state index contributed by atoms with van der Waals surface area (Å²) in [5.74, 6) is -0.671. The van der Waals surface area contributed by atoms with Gasteiger partial charge in [-0.2, -0.15) is 0 Å². The van der Waals surface area contributed by atoms with E-state index in [-0.39, 0.29) is 5.41 Å². The zero-order valence-electron chi connectivity index (χ0n) is 6.64. The minimum atomic E-state index is -0.782. The van der Waals surface area contributed by atoms with Crippen LogP contribution < -0.4 is 0 Å². The van der Waals surface area contributed by atoms with Gasteiger partial charge >= 0.3 is 5.97 Å². The van der Waals surface area contributed by atoms with Gasteiger partial charge in [0.2, 0.25) is 0 Å². The topological polar surface area (TPSA) is 46.2 Å². The molecule has 0 unspecified atom stereocenters. The molecule has 59 valence electrons. The van der Waals surface area contributed by atoms with Crippen molar-refractivity contribution in [2.75, 3.05) is 13.2 Å². The maximum atomic E-state index is 10.3. The van der Waals surface area contributed by atoms with Crippen molar-refractivity contribution in [2.45, 2.75) is 20.8 Å². The predicted octanol–water partition coefficient (Wildman–Crippen LogP) is 1.01. The maximum Gasteiger partial charge on any atom is 0.335 e. The number of ether oxygens (including phenoxy) is 1. The van der Waals surface area contributed by atoms with E-state index < -0.39 is 12.6 Å². The van der Waals surface area contributed by atoms with Crippen LogP contribution in [-0.2, 0) is 14.6 Å². The van der Waals surface area contributed by atoms with Crippen LogP contribution in [0.2, 0.25) is 0 Å². The van der Waals surface area contributed by atoms with Gasteiger partial charge in [0, 0.05) is 0 Å². The van der Waals surface area contributed by atoms with E-state index in [4.69, 9.17) is 0 Å². The molecule has 0 N–H and O–H groups in total. The molecule has 0 fully saturated rings. The summed E-state index contributed by atoms with van der Waals surface area (Å²) >= 11 is 0. The molecule has 0 saturated carbocycles. The molecule has 0 spiro atoms. The van der Waals surface area contributed by atoms with Crippen molar-refractivity contribution < 1.29 is 14.6 Å². The Morgan fingerprint density at radius 2 is 1.90 bits per heavy atom. The summed E-state index contributed by atoms with van der Waals surface area (Å²) in [7, 11) is 0.